The molecule has 0 aliphatic heterocycles. The van der Waals surface area contributed by atoms with Crippen molar-refractivity contribution in [2.45, 2.75) is 39.8 Å². The van der Waals surface area contributed by atoms with E-state index in [1.807, 2.05) is 43.0 Å². The largest absolute Gasteiger partial charge is 0.383 e. The maximum Gasteiger partial charge on any atom is 0.319 e. The number of aliphatic hydroxyl groups is 1. The van der Waals surface area contributed by atoms with Gasteiger partial charge in [0.1, 0.15) is 5.60 Å². The fourth-order valence-corrected chi connectivity index (χ4v) is 3.05. The first kappa shape index (κ1) is 16.5. The molecule has 0 spiro atoms. The molecule has 22 heavy (non-hydrogen) atoms. The molecular formula is C15H22N4O2S. The van der Waals surface area contributed by atoms with Crippen LogP contribution in [0.25, 0.3) is 0 Å². The zero-order chi connectivity index (χ0) is 16.3. The van der Waals surface area contributed by atoms with Gasteiger partial charge >= 0.3 is 6.03 Å². The van der Waals surface area contributed by atoms with Gasteiger partial charge in [0.25, 0.3) is 0 Å². The molecule has 120 valence electrons. The monoisotopic (exact) mass is 322 g/mol. The standard InChI is InChI=1S/C15H22N4O2S/c1-5-19-11(3)13(10(2)18-19)17-14(20)16-9-15(4,21)12-7-6-8-22-12/h6-8,21H,5,9H2,1-4H3,(H2,16,17,20). The number of nitrogens with zero attached hydrogens (tertiary/aromatic N) is 2. The van der Waals surface area contributed by atoms with E-state index >= 15 is 0 Å². The van der Waals surface area contributed by atoms with Gasteiger partial charge < -0.3 is 15.7 Å². The van der Waals surface area contributed by atoms with Crippen molar-refractivity contribution < 1.29 is 9.90 Å². The predicted molar refractivity (Wildman–Crippen MR) is 88.3 cm³/mol. The second-order valence-electron chi connectivity index (χ2n) is 5.42. The molecule has 0 radical (unpaired) electrons. The van der Waals surface area contributed by atoms with Crippen LogP contribution >= 0.6 is 11.3 Å². The molecule has 0 fully saturated rings. The van der Waals surface area contributed by atoms with Gasteiger partial charge in [-0.25, -0.2) is 4.79 Å². The van der Waals surface area contributed by atoms with Gasteiger partial charge in [0, 0.05) is 11.4 Å². The minimum atomic E-state index is -1.08. The summed E-state index contributed by atoms with van der Waals surface area (Å²) in [5.74, 6) is 0. The Morgan fingerprint density at radius 2 is 2.23 bits per heavy atom. The van der Waals surface area contributed by atoms with E-state index in [0.717, 1.165) is 28.5 Å². The summed E-state index contributed by atoms with van der Waals surface area (Å²) in [5, 5.41) is 22.2. The van der Waals surface area contributed by atoms with Crippen LogP contribution in [0.1, 0.15) is 30.1 Å². The fraction of sp³-hybridized carbons (Fsp3) is 0.467. The van der Waals surface area contributed by atoms with Gasteiger partial charge in [-0.2, -0.15) is 5.10 Å². The number of hydrogen-bond donors (Lipinski definition) is 3. The van der Waals surface area contributed by atoms with Crippen molar-refractivity contribution in [1.29, 1.82) is 0 Å². The van der Waals surface area contributed by atoms with Crippen LogP contribution in [0.15, 0.2) is 17.5 Å². The van der Waals surface area contributed by atoms with Gasteiger partial charge in [0.15, 0.2) is 0 Å². The predicted octanol–water partition coefficient (Wildman–Crippen LogP) is 2.61. The smallest absolute Gasteiger partial charge is 0.319 e. The SMILES string of the molecule is CCn1nc(C)c(NC(=O)NCC(C)(O)c2cccs2)c1C. The van der Waals surface area contributed by atoms with Crippen molar-refractivity contribution in [1.82, 2.24) is 15.1 Å². The molecule has 2 rings (SSSR count). The van der Waals surface area contributed by atoms with Crippen LogP contribution < -0.4 is 10.6 Å². The van der Waals surface area contributed by atoms with Crippen LogP contribution in [0, 0.1) is 13.8 Å². The number of thiophene rings is 1. The van der Waals surface area contributed by atoms with E-state index in [2.05, 4.69) is 15.7 Å². The lowest BCUT2D eigenvalue weighted by Crippen LogP contribution is -2.40. The molecule has 6 nitrogen and oxygen atoms in total. The van der Waals surface area contributed by atoms with Gasteiger partial charge in [-0.3, -0.25) is 4.68 Å². The lowest BCUT2D eigenvalue weighted by Gasteiger charge is -2.22. The number of nitrogens with one attached hydrogen (secondary N) is 2. The van der Waals surface area contributed by atoms with Crippen molar-refractivity contribution in [2.75, 3.05) is 11.9 Å². The highest BCUT2D eigenvalue weighted by atomic mass is 32.1. The third-order valence-electron chi connectivity index (χ3n) is 3.56. The summed E-state index contributed by atoms with van der Waals surface area (Å²) in [6, 6.07) is 3.38. The summed E-state index contributed by atoms with van der Waals surface area (Å²) in [6.07, 6.45) is 0. The molecule has 1 unspecified atom stereocenters. The fourth-order valence-electron chi connectivity index (χ4n) is 2.27. The highest BCUT2D eigenvalue weighted by Gasteiger charge is 2.25. The molecule has 2 aromatic rings. The number of hydrogen-bond acceptors (Lipinski definition) is 4. The Labute approximate surface area is 134 Å². The van der Waals surface area contributed by atoms with Crippen LogP contribution in [0.5, 0.6) is 0 Å². The van der Waals surface area contributed by atoms with Crippen molar-refractivity contribution in [3.05, 3.63) is 33.8 Å². The van der Waals surface area contributed by atoms with E-state index in [4.69, 9.17) is 0 Å². The first-order chi connectivity index (χ1) is 10.3. The number of urea groups is 1. The summed E-state index contributed by atoms with van der Waals surface area (Å²) >= 11 is 1.46. The van der Waals surface area contributed by atoms with Gasteiger partial charge in [-0.05, 0) is 39.1 Å². The van der Waals surface area contributed by atoms with Gasteiger partial charge in [-0.15, -0.1) is 11.3 Å². The van der Waals surface area contributed by atoms with Crippen LogP contribution in [0.3, 0.4) is 0 Å². The van der Waals surface area contributed by atoms with Gasteiger partial charge in [0.05, 0.1) is 23.6 Å². The Morgan fingerprint density at radius 1 is 1.50 bits per heavy atom. The van der Waals surface area contributed by atoms with E-state index in [1.165, 1.54) is 11.3 Å². The van der Waals surface area contributed by atoms with Crippen LogP contribution in [-0.4, -0.2) is 27.5 Å². The Balaban J connectivity index is 1.98. The molecule has 3 N–H and O–H groups in total. The van der Waals surface area contributed by atoms with E-state index in [0.29, 0.717) is 0 Å². The summed E-state index contributed by atoms with van der Waals surface area (Å²) in [5.41, 5.74) is 1.33. The number of amides is 2. The number of aryl methyl sites for hydroxylation is 2. The van der Waals surface area contributed by atoms with E-state index in [1.54, 1.807) is 6.92 Å². The number of aromatic nitrogens is 2. The zero-order valence-corrected chi connectivity index (χ0v) is 14.1. The normalized spacial score (nSPS) is 13.7. The summed E-state index contributed by atoms with van der Waals surface area (Å²) in [4.78, 5) is 12.9. The van der Waals surface area contributed by atoms with Gasteiger partial charge in [-0.1, -0.05) is 6.07 Å². The minimum absolute atomic E-state index is 0.138. The maximum absolute atomic E-state index is 12.1. The molecule has 0 aliphatic rings. The Morgan fingerprint density at radius 3 is 2.77 bits per heavy atom. The quantitative estimate of drug-likeness (QED) is 0.791. The molecular weight excluding hydrogens is 300 g/mol. The molecule has 0 aromatic carbocycles. The van der Waals surface area contributed by atoms with E-state index in [-0.39, 0.29) is 12.6 Å². The van der Waals surface area contributed by atoms with Crippen LogP contribution in [-0.2, 0) is 12.1 Å². The second kappa shape index (κ2) is 6.50. The molecule has 7 heteroatoms. The number of rotatable bonds is 5. The first-order valence-electron chi connectivity index (χ1n) is 7.20. The third kappa shape index (κ3) is 3.48. The Bertz CT molecular complexity index is 647. The van der Waals surface area contributed by atoms with Crippen molar-refractivity contribution >= 4 is 23.1 Å². The topological polar surface area (TPSA) is 79.2 Å². The van der Waals surface area contributed by atoms with Crippen LogP contribution in [0.2, 0.25) is 0 Å². The molecule has 0 saturated heterocycles. The number of carbonyl (C=O) groups excluding carboxylic acids is 1. The second-order valence-corrected chi connectivity index (χ2v) is 6.37. The molecule has 1 atom stereocenters. The molecule has 2 amide bonds. The maximum atomic E-state index is 12.1. The lowest BCUT2D eigenvalue weighted by atomic mass is 10.1. The van der Waals surface area contributed by atoms with E-state index in [9.17, 15) is 9.90 Å². The van der Waals surface area contributed by atoms with Crippen LogP contribution in [0.4, 0.5) is 10.5 Å². The highest BCUT2D eigenvalue weighted by Crippen LogP contribution is 2.24. The molecule has 0 aliphatic carbocycles. The lowest BCUT2D eigenvalue weighted by molar-refractivity contribution is 0.0637. The Hall–Kier alpha value is -1.86. The average molecular weight is 322 g/mol. The molecule has 0 bridgehead atoms. The van der Waals surface area contributed by atoms with Crippen molar-refractivity contribution in [2.24, 2.45) is 0 Å². The Kier molecular flexibility index (Phi) is 4.87. The number of anilines is 1. The van der Waals surface area contributed by atoms with Gasteiger partial charge in [0.2, 0.25) is 0 Å². The molecule has 2 aromatic heterocycles. The first-order valence-corrected chi connectivity index (χ1v) is 8.08. The van der Waals surface area contributed by atoms with E-state index < -0.39 is 5.60 Å². The average Bonchev–Trinajstić information content (AvgIpc) is 3.09. The third-order valence-corrected chi connectivity index (χ3v) is 4.69. The zero-order valence-electron chi connectivity index (χ0n) is 13.3. The summed E-state index contributed by atoms with van der Waals surface area (Å²) in [7, 11) is 0. The molecule has 2 heterocycles. The highest BCUT2D eigenvalue weighted by molar-refractivity contribution is 7.10. The summed E-state index contributed by atoms with van der Waals surface area (Å²) in [6.45, 7) is 8.35. The minimum Gasteiger partial charge on any atom is -0.383 e. The number of carbonyl (C=O) groups is 1. The summed E-state index contributed by atoms with van der Waals surface area (Å²) < 4.78 is 1.84. The van der Waals surface area contributed by atoms with Crippen molar-refractivity contribution in [3.8, 4) is 0 Å². The van der Waals surface area contributed by atoms with Crippen molar-refractivity contribution in [3.63, 3.8) is 0 Å². The molecule has 0 saturated carbocycles.